The van der Waals surface area contributed by atoms with Crippen molar-refractivity contribution in [2.24, 2.45) is 0 Å². The van der Waals surface area contributed by atoms with Gasteiger partial charge < -0.3 is 10.4 Å². The first kappa shape index (κ1) is 12.0. The number of carboxylic acid groups (broad SMARTS) is 1. The Morgan fingerprint density at radius 2 is 2.11 bits per heavy atom. The standard InChI is InChI=1S/C13H11FN2O2/c1-8-5-6-9(14)7-11(8)16-12-4-2-3-10(15-12)13(17)18/h2-7H,1H3,(H,15,16)(H,17,18). The van der Waals surface area contributed by atoms with Gasteiger partial charge in [-0.3, -0.25) is 0 Å². The topological polar surface area (TPSA) is 62.2 Å². The Morgan fingerprint density at radius 3 is 2.83 bits per heavy atom. The Kier molecular flexibility index (Phi) is 3.23. The Morgan fingerprint density at radius 1 is 1.33 bits per heavy atom. The van der Waals surface area contributed by atoms with Crippen molar-refractivity contribution in [2.45, 2.75) is 6.92 Å². The summed E-state index contributed by atoms with van der Waals surface area (Å²) in [5, 5.41) is 11.7. The number of aromatic carboxylic acids is 1. The number of nitrogens with one attached hydrogen (secondary N) is 1. The zero-order valence-corrected chi connectivity index (χ0v) is 9.64. The summed E-state index contributed by atoms with van der Waals surface area (Å²) >= 11 is 0. The molecule has 0 atom stereocenters. The highest BCUT2D eigenvalue weighted by atomic mass is 19.1. The number of rotatable bonds is 3. The molecule has 0 aliphatic carbocycles. The predicted molar refractivity (Wildman–Crippen MR) is 65.6 cm³/mol. The molecule has 0 aliphatic rings. The third kappa shape index (κ3) is 2.63. The lowest BCUT2D eigenvalue weighted by Gasteiger charge is -2.09. The highest BCUT2D eigenvalue weighted by Crippen LogP contribution is 2.20. The number of anilines is 2. The summed E-state index contributed by atoms with van der Waals surface area (Å²) in [6, 6.07) is 8.93. The van der Waals surface area contributed by atoms with E-state index in [-0.39, 0.29) is 11.5 Å². The number of pyridine rings is 1. The lowest BCUT2D eigenvalue weighted by Crippen LogP contribution is -2.03. The zero-order chi connectivity index (χ0) is 13.1. The van der Waals surface area contributed by atoms with Crippen LogP contribution in [-0.2, 0) is 0 Å². The van der Waals surface area contributed by atoms with Gasteiger partial charge in [0.25, 0.3) is 0 Å². The minimum atomic E-state index is -1.10. The number of carbonyl (C=O) groups is 1. The number of nitrogens with zero attached hydrogens (tertiary/aromatic N) is 1. The van der Waals surface area contributed by atoms with Crippen molar-refractivity contribution >= 4 is 17.5 Å². The van der Waals surface area contributed by atoms with Gasteiger partial charge in [-0.15, -0.1) is 0 Å². The summed E-state index contributed by atoms with van der Waals surface area (Å²) < 4.78 is 13.1. The van der Waals surface area contributed by atoms with E-state index in [9.17, 15) is 9.18 Å². The second-order valence-corrected chi connectivity index (χ2v) is 3.80. The Balaban J connectivity index is 2.31. The first-order valence-corrected chi connectivity index (χ1v) is 5.30. The summed E-state index contributed by atoms with van der Waals surface area (Å²) in [6.07, 6.45) is 0. The monoisotopic (exact) mass is 246 g/mol. The number of benzene rings is 1. The third-order valence-corrected chi connectivity index (χ3v) is 2.43. The number of aromatic nitrogens is 1. The molecule has 0 saturated heterocycles. The van der Waals surface area contributed by atoms with Gasteiger partial charge in [0.2, 0.25) is 0 Å². The second kappa shape index (κ2) is 4.83. The molecule has 1 heterocycles. The normalized spacial score (nSPS) is 10.1. The fourth-order valence-electron chi connectivity index (χ4n) is 1.49. The number of halogens is 1. The molecule has 0 aliphatic heterocycles. The summed E-state index contributed by atoms with van der Waals surface area (Å²) in [7, 11) is 0. The largest absolute Gasteiger partial charge is 0.477 e. The van der Waals surface area contributed by atoms with Crippen LogP contribution in [0.2, 0.25) is 0 Å². The minimum absolute atomic E-state index is 0.0611. The molecule has 5 heteroatoms. The fraction of sp³-hybridized carbons (Fsp3) is 0.0769. The van der Waals surface area contributed by atoms with E-state index in [0.717, 1.165) is 5.56 Å². The maximum Gasteiger partial charge on any atom is 0.354 e. The number of aryl methyl sites for hydroxylation is 1. The van der Waals surface area contributed by atoms with Crippen molar-refractivity contribution < 1.29 is 14.3 Å². The Hall–Kier alpha value is -2.43. The van der Waals surface area contributed by atoms with Gasteiger partial charge in [-0.1, -0.05) is 12.1 Å². The van der Waals surface area contributed by atoms with Crippen molar-refractivity contribution in [3.63, 3.8) is 0 Å². The van der Waals surface area contributed by atoms with E-state index in [2.05, 4.69) is 10.3 Å². The molecule has 18 heavy (non-hydrogen) atoms. The van der Waals surface area contributed by atoms with E-state index in [1.54, 1.807) is 18.2 Å². The van der Waals surface area contributed by atoms with Gasteiger partial charge in [0.1, 0.15) is 11.6 Å². The molecule has 0 saturated carbocycles. The first-order valence-electron chi connectivity index (χ1n) is 5.30. The number of hydrogen-bond acceptors (Lipinski definition) is 3. The van der Waals surface area contributed by atoms with Crippen LogP contribution in [-0.4, -0.2) is 16.1 Å². The molecule has 0 unspecified atom stereocenters. The van der Waals surface area contributed by atoms with E-state index in [4.69, 9.17) is 5.11 Å². The molecule has 1 aromatic carbocycles. The van der Waals surface area contributed by atoms with Crippen molar-refractivity contribution in [1.29, 1.82) is 0 Å². The van der Waals surface area contributed by atoms with Crippen LogP contribution >= 0.6 is 0 Å². The molecule has 4 nitrogen and oxygen atoms in total. The van der Waals surface area contributed by atoms with Gasteiger partial charge in [0, 0.05) is 5.69 Å². The molecule has 0 spiro atoms. The lowest BCUT2D eigenvalue weighted by molar-refractivity contribution is 0.0690. The van der Waals surface area contributed by atoms with Crippen LogP contribution in [0.1, 0.15) is 16.1 Å². The van der Waals surface area contributed by atoms with Gasteiger partial charge >= 0.3 is 5.97 Å². The van der Waals surface area contributed by atoms with Gasteiger partial charge in [-0.05, 0) is 36.8 Å². The van der Waals surface area contributed by atoms with Gasteiger partial charge in [-0.2, -0.15) is 0 Å². The molecular formula is C13H11FN2O2. The van der Waals surface area contributed by atoms with Crippen LogP contribution in [0.3, 0.4) is 0 Å². The molecule has 0 bridgehead atoms. The van der Waals surface area contributed by atoms with Crippen LogP contribution in [0, 0.1) is 12.7 Å². The summed E-state index contributed by atoms with van der Waals surface area (Å²) in [6.45, 7) is 1.82. The van der Waals surface area contributed by atoms with E-state index >= 15 is 0 Å². The highest BCUT2D eigenvalue weighted by Gasteiger charge is 2.06. The average molecular weight is 246 g/mol. The van der Waals surface area contributed by atoms with E-state index in [0.29, 0.717) is 11.5 Å². The summed E-state index contributed by atoms with van der Waals surface area (Å²) in [5.74, 6) is -1.10. The molecule has 92 valence electrons. The van der Waals surface area contributed by atoms with Crippen LogP contribution in [0.4, 0.5) is 15.9 Å². The van der Waals surface area contributed by atoms with Gasteiger partial charge in [0.15, 0.2) is 5.69 Å². The Labute approximate surface area is 103 Å². The fourth-order valence-corrected chi connectivity index (χ4v) is 1.49. The van der Waals surface area contributed by atoms with E-state index in [1.165, 1.54) is 18.2 Å². The van der Waals surface area contributed by atoms with Crippen molar-refractivity contribution in [3.8, 4) is 0 Å². The molecule has 0 amide bonds. The van der Waals surface area contributed by atoms with Crippen LogP contribution in [0.5, 0.6) is 0 Å². The van der Waals surface area contributed by atoms with E-state index in [1.807, 2.05) is 6.92 Å². The number of carboxylic acids is 1. The maximum atomic E-state index is 13.1. The van der Waals surface area contributed by atoms with Crippen LogP contribution < -0.4 is 5.32 Å². The molecule has 0 radical (unpaired) electrons. The van der Waals surface area contributed by atoms with Gasteiger partial charge in [-0.25, -0.2) is 14.2 Å². The molecule has 1 aromatic heterocycles. The zero-order valence-electron chi connectivity index (χ0n) is 9.64. The molecule has 2 N–H and O–H groups in total. The van der Waals surface area contributed by atoms with Crippen LogP contribution in [0.15, 0.2) is 36.4 Å². The average Bonchev–Trinajstić information content (AvgIpc) is 2.34. The first-order chi connectivity index (χ1) is 8.56. The molecule has 2 aromatic rings. The maximum absolute atomic E-state index is 13.1. The quantitative estimate of drug-likeness (QED) is 0.874. The van der Waals surface area contributed by atoms with Crippen molar-refractivity contribution in [2.75, 3.05) is 5.32 Å². The Bertz CT molecular complexity index is 599. The summed E-state index contributed by atoms with van der Waals surface area (Å²) in [5.41, 5.74) is 1.35. The predicted octanol–water partition coefficient (Wildman–Crippen LogP) is 2.97. The minimum Gasteiger partial charge on any atom is -0.477 e. The molecule has 2 rings (SSSR count). The van der Waals surface area contributed by atoms with Crippen LogP contribution in [0.25, 0.3) is 0 Å². The molecular weight excluding hydrogens is 235 g/mol. The SMILES string of the molecule is Cc1ccc(F)cc1Nc1cccc(C(=O)O)n1. The van der Waals surface area contributed by atoms with Crippen molar-refractivity contribution in [3.05, 3.63) is 53.5 Å². The third-order valence-electron chi connectivity index (χ3n) is 2.43. The smallest absolute Gasteiger partial charge is 0.354 e. The second-order valence-electron chi connectivity index (χ2n) is 3.80. The van der Waals surface area contributed by atoms with Crippen molar-refractivity contribution in [1.82, 2.24) is 4.98 Å². The summed E-state index contributed by atoms with van der Waals surface area (Å²) in [4.78, 5) is 14.7. The molecule has 0 fully saturated rings. The lowest BCUT2D eigenvalue weighted by atomic mass is 10.2. The highest BCUT2D eigenvalue weighted by molar-refractivity contribution is 5.85. The van der Waals surface area contributed by atoms with E-state index < -0.39 is 5.97 Å². The van der Waals surface area contributed by atoms with Gasteiger partial charge in [0.05, 0.1) is 0 Å². The number of hydrogen-bond donors (Lipinski definition) is 2.